The lowest BCUT2D eigenvalue weighted by Gasteiger charge is -2.14. The SMILES string of the molecule is Cn1cnc(S(=O)(=O)NCCOc2ccc3c(c2)C(Cc2ccccc2)NC3)c1. The minimum Gasteiger partial charge on any atom is -0.492 e. The highest BCUT2D eigenvalue weighted by atomic mass is 32.2. The number of nitrogens with zero attached hydrogens (tertiary/aromatic N) is 2. The molecule has 0 radical (unpaired) electrons. The Morgan fingerprint density at radius 3 is 2.83 bits per heavy atom. The summed E-state index contributed by atoms with van der Waals surface area (Å²) in [5.74, 6) is 0.738. The van der Waals surface area contributed by atoms with E-state index >= 15 is 0 Å². The Labute approximate surface area is 170 Å². The number of rotatable bonds is 8. The Morgan fingerprint density at radius 2 is 2.07 bits per heavy atom. The van der Waals surface area contributed by atoms with Crippen LogP contribution < -0.4 is 14.8 Å². The van der Waals surface area contributed by atoms with Crippen LogP contribution >= 0.6 is 0 Å². The van der Waals surface area contributed by atoms with Crippen LogP contribution in [0.15, 0.2) is 66.1 Å². The summed E-state index contributed by atoms with van der Waals surface area (Å²) >= 11 is 0. The third-order valence-electron chi connectivity index (χ3n) is 4.93. The first-order valence-corrected chi connectivity index (χ1v) is 11.0. The monoisotopic (exact) mass is 412 g/mol. The van der Waals surface area contributed by atoms with Crippen LogP contribution in [0, 0.1) is 0 Å². The summed E-state index contributed by atoms with van der Waals surface area (Å²) in [5, 5.41) is 3.56. The van der Waals surface area contributed by atoms with Gasteiger partial charge in [0.1, 0.15) is 12.4 Å². The topological polar surface area (TPSA) is 85.2 Å². The Kier molecular flexibility index (Phi) is 5.66. The molecule has 1 unspecified atom stereocenters. The maximum atomic E-state index is 12.2. The van der Waals surface area contributed by atoms with Crippen molar-refractivity contribution in [2.24, 2.45) is 7.05 Å². The standard InChI is InChI=1S/C21H24N4O3S/c1-25-14-21(23-15-25)29(26,27)24-9-10-28-18-8-7-17-13-22-20(19(17)12-18)11-16-5-3-2-4-6-16/h2-8,12,14-15,20,22,24H,9-11,13H2,1H3. The summed E-state index contributed by atoms with van der Waals surface area (Å²) in [6.45, 7) is 1.25. The third-order valence-corrected chi connectivity index (χ3v) is 6.28. The van der Waals surface area contributed by atoms with Gasteiger partial charge in [0.05, 0.1) is 6.33 Å². The van der Waals surface area contributed by atoms with Gasteiger partial charge in [-0.05, 0) is 35.2 Å². The average Bonchev–Trinajstić information content (AvgIpc) is 3.33. The molecule has 0 saturated heterocycles. The third kappa shape index (κ3) is 4.67. The molecule has 2 heterocycles. The predicted molar refractivity (Wildman–Crippen MR) is 110 cm³/mol. The molecule has 1 atom stereocenters. The predicted octanol–water partition coefficient (Wildman–Crippen LogP) is 2.16. The molecule has 1 aliphatic heterocycles. The zero-order valence-corrected chi connectivity index (χ0v) is 17.0. The van der Waals surface area contributed by atoms with E-state index < -0.39 is 10.0 Å². The Bertz CT molecular complexity index is 1080. The van der Waals surface area contributed by atoms with Crippen LogP contribution in [0.5, 0.6) is 5.75 Å². The van der Waals surface area contributed by atoms with Crippen LogP contribution in [0.1, 0.15) is 22.7 Å². The van der Waals surface area contributed by atoms with E-state index in [9.17, 15) is 8.42 Å². The van der Waals surface area contributed by atoms with Crippen molar-refractivity contribution in [3.8, 4) is 5.75 Å². The van der Waals surface area contributed by atoms with Gasteiger partial charge in [-0.2, -0.15) is 0 Å². The molecule has 7 nitrogen and oxygen atoms in total. The minimum atomic E-state index is -3.62. The number of imidazole rings is 1. The average molecular weight is 413 g/mol. The summed E-state index contributed by atoms with van der Waals surface area (Å²) in [4.78, 5) is 3.87. The molecule has 1 aliphatic rings. The first-order chi connectivity index (χ1) is 14.0. The number of aromatic nitrogens is 2. The summed E-state index contributed by atoms with van der Waals surface area (Å²) in [5.41, 5.74) is 3.79. The fourth-order valence-corrected chi connectivity index (χ4v) is 4.46. The molecular weight excluding hydrogens is 388 g/mol. The van der Waals surface area contributed by atoms with Gasteiger partial charge < -0.3 is 14.6 Å². The molecule has 1 aromatic heterocycles. The van der Waals surface area contributed by atoms with E-state index in [-0.39, 0.29) is 24.2 Å². The van der Waals surface area contributed by atoms with Gasteiger partial charge in [0.15, 0.2) is 5.03 Å². The molecule has 2 N–H and O–H groups in total. The summed E-state index contributed by atoms with van der Waals surface area (Å²) in [7, 11) is -1.89. The first kappa shape index (κ1) is 19.6. The van der Waals surface area contributed by atoms with Crippen molar-refractivity contribution in [1.29, 1.82) is 0 Å². The van der Waals surface area contributed by atoms with Crippen LogP contribution in [-0.2, 0) is 30.0 Å². The fraction of sp³-hybridized carbons (Fsp3) is 0.286. The van der Waals surface area contributed by atoms with Crippen LogP contribution in [-0.4, -0.2) is 31.1 Å². The number of benzene rings is 2. The molecule has 2 aromatic carbocycles. The maximum absolute atomic E-state index is 12.2. The highest BCUT2D eigenvalue weighted by Crippen LogP contribution is 2.31. The van der Waals surface area contributed by atoms with Gasteiger partial charge in [-0.3, -0.25) is 0 Å². The van der Waals surface area contributed by atoms with E-state index in [0.29, 0.717) is 0 Å². The summed E-state index contributed by atoms with van der Waals surface area (Å²) in [6, 6.07) is 16.7. The molecule has 8 heteroatoms. The molecule has 29 heavy (non-hydrogen) atoms. The van der Waals surface area contributed by atoms with E-state index in [1.165, 1.54) is 29.2 Å². The largest absolute Gasteiger partial charge is 0.492 e. The van der Waals surface area contributed by atoms with Crippen molar-refractivity contribution >= 4 is 10.0 Å². The van der Waals surface area contributed by atoms with E-state index in [0.717, 1.165) is 18.7 Å². The smallest absolute Gasteiger partial charge is 0.259 e. The van der Waals surface area contributed by atoms with Crippen LogP contribution in [0.3, 0.4) is 0 Å². The van der Waals surface area contributed by atoms with Crippen LogP contribution in [0.2, 0.25) is 0 Å². The molecule has 0 aliphatic carbocycles. The second-order valence-corrected chi connectivity index (χ2v) is 8.82. The minimum absolute atomic E-state index is 0.00681. The van der Waals surface area contributed by atoms with E-state index in [1.54, 1.807) is 11.6 Å². The highest BCUT2D eigenvalue weighted by molar-refractivity contribution is 7.89. The zero-order valence-electron chi connectivity index (χ0n) is 16.2. The van der Waals surface area contributed by atoms with Crippen LogP contribution in [0.25, 0.3) is 0 Å². The summed E-state index contributed by atoms with van der Waals surface area (Å²) < 4.78 is 34.2. The molecule has 152 valence electrons. The van der Waals surface area contributed by atoms with Gasteiger partial charge >= 0.3 is 0 Å². The number of hydrogen-bond acceptors (Lipinski definition) is 5. The number of aryl methyl sites for hydroxylation is 1. The second kappa shape index (κ2) is 8.36. The van der Waals surface area contributed by atoms with Crippen molar-refractivity contribution in [2.45, 2.75) is 24.0 Å². The number of nitrogens with one attached hydrogen (secondary N) is 2. The summed E-state index contributed by atoms with van der Waals surface area (Å²) in [6.07, 6.45) is 3.83. The normalized spacial score (nSPS) is 16.0. The van der Waals surface area contributed by atoms with Gasteiger partial charge in [-0.25, -0.2) is 18.1 Å². The van der Waals surface area contributed by atoms with Gasteiger partial charge in [-0.1, -0.05) is 36.4 Å². The lowest BCUT2D eigenvalue weighted by molar-refractivity contribution is 0.322. The van der Waals surface area contributed by atoms with Gasteiger partial charge in [0.2, 0.25) is 0 Å². The first-order valence-electron chi connectivity index (χ1n) is 9.52. The van der Waals surface area contributed by atoms with Crippen molar-refractivity contribution in [3.05, 3.63) is 77.7 Å². The Morgan fingerprint density at radius 1 is 1.24 bits per heavy atom. The van der Waals surface area contributed by atoms with E-state index in [2.05, 4.69) is 51.4 Å². The Hall–Kier alpha value is -2.68. The van der Waals surface area contributed by atoms with Crippen molar-refractivity contribution in [1.82, 2.24) is 19.6 Å². The second-order valence-electron chi connectivity index (χ2n) is 7.11. The highest BCUT2D eigenvalue weighted by Gasteiger charge is 2.22. The van der Waals surface area contributed by atoms with Crippen molar-refractivity contribution in [2.75, 3.05) is 13.2 Å². The molecule has 0 amide bonds. The molecular formula is C21H24N4O3S. The van der Waals surface area contributed by atoms with E-state index in [1.807, 2.05) is 12.1 Å². The molecule has 0 fully saturated rings. The zero-order chi connectivity index (χ0) is 20.3. The molecule has 0 spiro atoms. The van der Waals surface area contributed by atoms with Gasteiger partial charge in [-0.15, -0.1) is 0 Å². The number of ether oxygens (including phenoxy) is 1. The molecule has 4 rings (SSSR count). The van der Waals surface area contributed by atoms with Crippen molar-refractivity contribution in [3.63, 3.8) is 0 Å². The fourth-order valence-electron chi connectivity index (χ4n) is 3.47. The number of fused-ring (bicyclic) bond motifs is 1. The Balaban J connectivity index is 1.34. The number of hydrogen-bond donors (Lipinski definition) is 2. The lowest BCUT2D eigenvalue weighted by atomic mass is 9.98. The molecule has 3 aromatic rings. The quantitative estimate of drug-likeness (QED) is 0.554. The van der Waals surface area contributed by atoms with Gasteiger partial charge in [0.25, 0.3) is 10.0 Å². The van der Waals surface area contributed by atoms with E-state index in [4.69, 9.17) is 4.74 Å². The lowest BCUT2D eigenvalue weighted by Crippen LogP contribution is -2.28. The molecule has 0 saturated carbocycles. The van der Waals surface area contributed by atoms with Crippen LogP contribution in [0.4, 0.5) is 0 Å². The molecule has 0 bridgehead atoms. The van der Waals surface area contributed by atoms with Gasteiger partial charge in [0, 0.05) is 32.4 Å². The maximum Gasteiger partial charge on any atom is 0.259 e. The number of sulfonamides is 1. The van der Waals surface area contributed by atoms with Crippen molar-refractivity contribution < 1.29 is 13.2 Å².